The van der Waals surface area contributed by atoms with Gasteiger partial charge in [-0.15, -0.1) is 34.7 Å². The number of hydrogen-bond acceptors (Lipinski definition) is 10. The summed E-state index contributed by atoms with van der Waals surface area (Å²) in [6, 6.07) is 48.1. The predicted molar refractivity (Wildman–Crippen MR) is 232 cm³/mol. The van der Waals surface area contributed by atoms with Crippen molar-refractivity contribution in [2.75, 3.05) is 24.1 Å². The van der Waals surface area contributed by atoms with Gasteiger partial charge in [-0.05, 0) is 33.4 Å². The SMILES string of the molecule is CO/N=C(/C(=O)N[C@@H]1C(=O)N2C(C(=O)OC(c3ccccc3)c3ccccc3)=C(CCl)CS[C@H]12)c1csc(NC(c2ccccc2)(c2ccccc2)c2ccccc2)n1. The Hall–Kier alpha value is -6.21. The average molecular weight is 840 g/mol. The number of β-lactam (4-membered cyclic amide) rings is 1. The molecule has 2 aliphatic heterocycles. The molecule has 0 spiro atoms. The first-order chi connectivity index (χ1) is 28.9. The molecule has 0 radical (unpaired) electrons. The monoisotopic (exact) mass is 839 g/mol. The fourth-order valence-electron chi connectivity index (χ4n) is 7.41. The van der Waals surface area contributed by atoms with Crippen molar-refractivity contribution < 1.29 is 24.0 Å². The number of rotatable bonds is 14. The van der Waals surface area contributed by atoms with Gasteiger partial charge < -0.3 is 20.2 Å². The first-order valence-electron chi connectivity index (χ1n) is 18.8. The number of anilines is 1. The third-order valence-electron chi connectivity index (χ3n) is 10.2. The van der Waals surface area contributed by atoms with E-state index < -0.39 is 40.8 Å². The second-order valence-corrected chi connectivity index (χ2v) is 15.9. The number of oxime groups is 1. The van der Waals surface area contributed by atoms with Crippen LogP contribution in [-0.2, 0) is 29.5 Å². The second kappa shape index (κ2) is 17.7. The van der Waals surface area contributed by atoms with Crippen LogP contribution in [0.2, 0.25) is 0 Å². The van der Waals surface area contributed by atoms with Crippen molar-refractivity contribution in [3.05, 3.63) is 202 Å². The molecular weight excluding hydrogens is 802 g/mol. The minimum absolute atomic E-state index is 0.0250. The van der Waals surface area contributed by atoms with Gasteiger partial charge in [0, 0.05) is 17.0 Å². The van der Waals surface area contributed by atoms with E-state index in [4.69, 9.17) is 26.2 Å². The molecule has 5 aromatic carbocycles. The zero-order chi connectivity index (χ0) is 40.8. The van der Waals surface area contributed by atoms with E-state index in [1.807, 2.05) is 115 Å². The topological polar surface area (TPSA) is 122 Å². The smallest absolute Gasteiger partial charge is 0.356 e. The number of halogens is 1. The van der Waals surface area contributed by atoms with Gasteiger partial charge in [0.05, 0.1) is 0 Å². The van der Waals surface area contributed by atoms with Gasteiger partial charge in [-0.3, -0.25) is 14.5 Å². The van der Waals surface area contributed by atoms with Gasteiger partial charge in [0.1, 0.15) is 35.5 Å². The molecule has 10 nitrogen and oxygen atoms in total. The molecule has 6 aromatic rings. The summed E-state index contributed by atoms with van der Waals surface area (Å²) < 4.78 is 6.17. The van der Waals surface area contributed by atoms with Crippen LogP contribution in [-0.4, -0.2) is 63.5 Å². The summed E-state index contributed by atoms with van der Waals surface area (Å²) in [4.78, 5) is 53.4. The summed E-state index contributed by atoms with van der Waals surface area (Å²) >= 11 is 9.07. The first kappa shape index (κ1) is 39.6. The van der Waals surface area contributed by atoms with Crippen LogP contribution in [0.1, 0.15) is 39.6 Å². The molecule has 3 heterocycles. The lowest BCUT2D eigenvalue weighted by atomic mass is 9.77. The molecule has 0 unspecified atom stereocenters. The van der Waals surface area contributed by atoms with Crippen LogP contribution < -0.4 is 10.6 Å². The summed E-state index contributed by atoms with van der Waals surface area (Å²) in [6.45, 7) is 0. The maximum absolute atomic E-state index is 14.1. The highest BCUT2D eigenvalue weighted by molar-refractivity contribution is 8.00. The Kier molecular flexibility index (Phi) is 11.9. The number of benzene rings is 5. The number of esters is 1. The van der Waals surface area contributed by atoms with Gasteiger partial charge in [0.25, 0.3) is 11.8 Å². The third kappa shape index (κ3) is 7.86. The molecule has 1 aromatic heterocycles. The van der Waals surface area contributed by atoms with Crippen LogP contribution in [0, 0.1) is 0 Å². The molecule has 1 fully saturated rings. The molecule has 2 aliphatic rings. The molecule has 59 heavy (non-hydrogen) atoms. The molecule has 2 atom stereocenters. The van der Waals surface area contributed by atoms with Crippen molar-refractivity contribution in [1.82, 2.24) is 15.2 Å². The van der Waals surface area contributed by atoms with Crippen LogP contribution in [0.4, 0.5) is 5.13 Å². The lowest BCUT2D eigenvalue weighted by Crippen LogP contribution is -2.71. The number of thioether (sulfide) groups is 1. The van der Waals surface area contributed by atoms with Crippen molar-refractivity contribution in [1.29, 1.82) is 0 Å². The molecule has 2 amide bonds. The number of carbonyl (C=O) groups excluding carboxylic acids is 3. The van der Waals surface area contributed by atoms with Gasteiger partial charge in [-0.25, -0.2) is 9.78 Å². The Balaban J connectivity index is 1.03. The highest BCUT2D eigenvalue weighted by Gasteiger charge is 2.55. The van der Waals surface area contributed by atoms with Crippen LogP contribution in [0.25, 0.3) is 0 Å². The number of aromatic nitrogens is 1. The number of ether oxygens (including phenoxy) is 1. The largest absolute Gasteiger partial charge is 0.448 e. The van der Waals surface area contributed by atoms with Crippen molar-refractivity contribution >= 4 is 63.3 Å². The van der Waals surface area contributed by atoms with Gasteiger partial charge >= 0.3 is 5.97 Å². The molecule has 296 valence electrons. The molecule has 8 rings (SSSR count). The van der Waals surface area contributed by atoms with E-state index in [0.717, 1.165) is 27.8 Å². The highest BCUT2D eigenvalue weighted by Crippen LogP contribution is 2.43. The number of fused-ring (bicyclic) bond motifs is 1. The first-order valence-corrected chi connectivity index (χ1v) is 21.3. The Labute approximate surface area is 354 Å². The molecule has 0 saturated carbocycles. The Morgan fingerprint density at radius 3 is 1.83 bits per heavy atom. The molecule has 1 saturated heterocycles. The van der Waals surface area contributed by atoms with Crippen LogP contribution in [0.5, 0.6) is 0 Å². The fraction of sp³-hybridized carbons (Fsp3) is 0.152. The van der Waals surface area contributed by atoms with E-state index in [1.54, 1.807) is 5.38 Å². The fourth-order valence-corrected chi connectivity index (χ4v) is 9.84. The zero-order valence-electron chi connectivity index (χ0n) is 31.7. The van der Waals surface area contributed by atoms with Crippen LogP contribution in [0.3, 0.4) is 0 Å². The Bertz CT molecular complexity index is 2350. The normalized spacial score (nSPS) is 16.6. The van der Waals surface area contributed by atoms with E-state index in [9.17, 15) is 14.4 Å². The number of carbonyl (C=O) groups is 3. The number of thiazole rings is 1. The third-order valence-corrected chi connectivity index (χ3v) is 12.6. The molecule has 13 heteroatoms. The standard InChI is InChI=1S/C46H38ClN5O5S2/c1-56-51-37(36-29-59-45(48-36)50-46(33-21-11-4-12-22-33,34-23-13-5-14-24-34)35-25-15-6-16-26-35)41(53)49-38-42(54)52-39(32(27-47)28-58-43(38)52)44(55)57-40(30-17-7-2-8-18-30)31-19-9-3-10-20-31/h2-26,29,38,40,43H,27-28H2,1H3,(H,48,50)(H,49,53)/b51-37+/t38-,43-/m1/s1. The summed E-state index contributed by atoms with van der Waals surface area (Å²) in [6.07, 6.45) is -0.725. The van der Waals surface area contributed by atoms with Gasteiger partial charge in [0.2, 0.25) is 0 Å². The van der Waals surface area contributed by atoms with Gasteiger partial charge in [0.15, 0.2) is 16.9 Å². The average Bonchev–Trinajstić information content (AvgIpc) is 3.76. The Morgan fingerprint density at radius 1 is 0.831 bits per heavy atom. The quantitative estimate of drug-likeness (QED) is 0.0282. The maximum atomic E-state index is 14.1. The van der Waals surface area contributed by atoms with Crippen LogP contribution in [0.15, 0.2) is 173 Å². The van der Waals surface area contributed by atoms with Crippen LogP contribution >= 0.6 is 34.7 Å². The van der Waals surface area contributed by atoms with Gasteiger partial charge in [-0.1, -0.05) is 157 Å². The zero-order valence-corrected chi connectivity index (χ0v) is 34.1. The summed E-state index contributed by atoms with van der Waals surface area (Å²) in [5, 5.41) is 12.3. The van der Waals surface area contributed by atoms with Crippen molar-refractivity contribution in [3.63, 3.8) is 0 Å². The van der Waals surface area contributed by atoms with Crippen molar-refractivity contribution in [2.24, 2.45) is 5.16 Å². The molecule has 0 bridgehead atoms. The number of nitrogens with one attached hydrogen (secondary N) is 2. The summed E-state index contributed by atoms with van der Waals surface area (Å²) in [7, 11) is 1.34. The predicted octanol–water partition coefficient (Wildman–Crippen LogP) is 8.12. The van der Waals surface area contributed by atoms with Crippen molar-refractivity contribution in [3.8, 4) is 0 Å². The molecule has 0 aliphatic carbocycles. The molecular formula is C46H38ClN5O5S2. The minimum atomic E-state index is -0.966. The second-order valence-electron chi connectivity index (χ2n) is 13.7. The van der Waals surface area contributed by atoms with E-state index in [2.05, 4.69) is 52.2 Å². The number of alkyl halides is 1. The summed E-state index contributed by atoms with van der Waals surface area (Å²) in [5.74, 6) is -1.42. The van der Waals surface area contributed by atoms with Gasteiger partial charge in [-0.2, -0.15) is 0 Å². The lowest BCUT2D eigenvalue weighted by Gasteiger charge is -2.49. The molecule has 2 N–H and O–H groups in total. The Morgan fingerprint density at radius 2 is 1.34 bits per heavy atom. The van der Waals surface area contributed by atoms with E-state index in [0.29, 0.717) is 16.5 Å². The van der Waals surface area contributed by atoms with E-state index in [1.165, 1.54) is 35.1 Å². The highest BCUT2D eigenvalue weighted by atomic mass is 35.5. The minimum Gasteiger partial charge on any atom is -0.448 e. The van der Waals surface area contributed by atoms with E-state index >= 15 is 0 Å². The number of amides is 2. The van der Waals surface area contributed by atoms with E-state index in [-0.39, 0.29) is 23.0 Å². The maximum Gasteiger partial charge on any atom is 0.356 e. The summed E-state index contributed by atoms with van der Waals surface area (Å²) in [5.41, 5.74) is 4.46. The number of nitrogens with zero attached hydrogens (tertiary/aromatic N) is 3. The lowest BCUT2D eigenvalue weighted by molar-refractivity contribution is -0.154. The van der Waals surface area contributed by atoms with Crippen molar-refractivity contribution in [2.45, 2.75) is 23.1 Å². The number of hydrogen-bond donors (Lipinski definition) is 2.